The van der Waals surface area contributed by atoms with E-state index in [0.717, 1.165) is 28.4 Å². The molecule has 2 aromatic rings. The van der Waals surface area contributed by atoms with Gasteiger partial charge in [0.1, 0.15) is 10.0 Å². The van der Waals surface area contributed by atoms with Gasteiger partial charge in [0.25, 0.3) is 0 Å². The number of aromatic nitrogens is 4. The molecule has 0 fully saturated rings. The van der Waals surface area contributed by atoms with Crippen LogP contribution in [0.15, 0.2) is 18.5 Å². The number of rotatable bonds is 4. The predicted molar refractivity (Wildman–Crippen MR) is 58.3 cm³/mol. The Morgan fingerprint density at radius 1 is 1.27 bits per heavy atom. The van der Waals surface area contributed by atoms with Gasteiger partial charge in [-0.05, 0) is 19.0 Å². The molecule has 2 heterocycles. The molecule has 0 atom stereocenters. The van der Waals surface area contributed by atoms with Gasteiger partial charge in [-0.2, -0.15) is 10.2 Å². The maximum atomic E-state index is 5.43. The Bertz CT molecular complexity index is 413. The average Bonchev–Trinajstić information content (AvgIpc) is 2.76. The Labute approximate surface area is 91.4 Å². The monoisotopic (exact) mass is 221 g/mol. The van der Waals surface area contributed by atoms with E-state index in [1.165, 1.54) is 0 Å². The summed E-state index contributed by atoms with van der Waals surface area (Å²) in [7, 11) is 0. The minimum Gasteiger partial charge on any atom is -0.330 e. The van der Waals surface area contributed by atoms with Crippen LogP contribution in [0.1, 0.15) is 11.4 Å². The maximum absolute atomic E-state index is 5.43. The van der Waals surface area contributed by atoms with Gasteiger partial charge in [-0.15, -0.1) is 10.2 Å². The Kier molecular flexibility index (Phi) is 3.31. The van der Waals surface area contributed by atoms with Gasteiger partial charge in [0.2, 0.25) is 0 Å². The third kappa shape index (κ3) is 2.54. The highest BCUT2D eigenvalue weighted by atomic mass is 32.1. The van der Waals surface area contributed by atoms with E-state index >= 15 is 0 Å². The molecule has 0 aliphatic carbocycles. The average molecular weight is 221 g/mol. The summed E-state index contributed by atoms with van der Waals surface area (Å²) in [5.74, 6) is 0. The lowest BCUT2D eigenvalue weighted by atomic mass is 10.3. The number of aryl methyl sites for hydroxylation is 1. The zero-order chi connectivity index (χ0) is 10.5. The zero-order valence-corrected chi connectivity index (χ0v) is 8.94. The van der Waals surface area contributed by atoms with Crippen LogP contribution < -0.4 is 5.73 Å². The van der Waals surface area contributed by atoms with E-state index in [1.54, 1.807) is 23.7 Å². The minimum absolute atomic E-state index is 0.686. The van der Waals surface area contributed by atoms with Gasteiger partial charge in [-0.25, -0.2) is 0 Å². The Balaban J connectivity index is 2.14. The third-order valence-corrected chi connectivity index (χ3v) is 2.92. The predicted octanol–water partition coefficient (Wildman–Crippen LogP) is 0.886. The second-order valence-corrected chi connectivity index (χ2v) is 4.09. The van der Waals surface area contributed by atoms with Crippen LogP contribution in [-0.2, 0) is 6.42 Å². The van der Waals surface area contributed by atoms with E-state index in [1.807, 2.05) is 6.07 Å². The SMILES string of the molecule is NCCCc1nnc(-c2ccnnc2)s1. The summed E-state index contributed by atoms with van der Waals surface area (Å²) in [6.45, 7) is 0.686. The van der Waals surface area contributed by atoms with Crippen LogP contribution in [0, 0.1) is 0 Å². The van der Waals surface area contributed by atoms with Crippen molar-refractivity contribution < 1.29 is 0 Å². The summed E-state index contributed by atoms with van der Waals surface area (Å²) >= 11 is 1.58. The second kappa shape index (κ2) is 4.90. The van der Waals surface area contributed by atoms with Gasteiger partial charge >= 0.3 is 0 Å². The van der Waals surface area contributed by atoms with Gasteiger partial charge in [-0.1, -0.05) is 11.3 Å². The molecular weight excluding hydrogens is 210 g/mol. The molecule has 0 spiro atoms. The van der Waals surface area contributed by atoms with Crippen molar-refractivity contribution in [3.8, 4) is 10.6 Å². The number of hydrogen-bond acceptors (Lipinski definition) is 6. The van der Waals surface area contributed by atoms with Crippen molar-refractivity contribution in [3.63, 3.8) is 0 Å². The smallest absolute Gasteiger partial charge is 0.149 e. The molecule has 0 aliphatic heterocycles. The molecule has 2 N–H and O–H groups in total. The number of nitrogens with zero attached hydrogens (tertiary/aromatic N) is 4. The van der Waals surface area contributed by atoms with Gasteiger partial charge in [0, 0.05) is 12.0 Å². The van der Waals surface area contributed by atoms with Gasteiger partial charge in [0.15, 0.2) is 0 Å². The zero-order valence-electron chi connectivity index (χ0n) is 8.13. The lowest BCUT2D eigenvalue weighted by Crippen LogP contribution is -1.99. The topological polar surface area (TPSA) is 77.6 Å². The van der Waals surface area contributed by atoms with Crippen molar-refractivity contribution in [2.45, 2.75) is 12.8 Å². The van der Waals surface area contributed by atoms with Crippen LogP contribution in [0.4, 0.5) is 0 Å². The number of nitrogens with two attached hydrogens (primary N) is 1. The fourth-order valence-electron chi connectivity index (χ4n) is 1.14. The highest BCUT2D eigenvalue weighted by Crippen LogP contribution is 2.22. The maximum Gasteiger partial charge on any atom is 0.149 e. The van der Waals surface area contributed by atoms with E-state index in [2.05, 4.69) is 20.4 Å². The molecule has 0 saturated carbocycles. The third-order valence-electron chi connectivity index (χ3n) is 1.89. The van der Waals surface area contributed by atoms with Gasteiger partial charge < -0.3 is 5.73 Å². The van der Waals surface area contributed by atoms with E-state index in [9.17, 15) is 0 Å². The van der Waals surface area contributed by atoms with Crippen molar-refractivity contribution in [2.75, 3.05) is 6.54 Å². The van der Waals surface area contributed by atoms with Crippen LogP contribution >= 0.6 is 11.3 Å². The molecule has 0 bridgehead atoms. The molecule has 0 amide bonds. The highest BCUT2D eigenvalue weighted by molar-refractivity contribution is 7.14. The summed E-state index contributed by atoms with van der Waals surface area (Å²) in [6, 6.07) is 1.88. The molecule has 5 nitrogen and oxygen atoms in total. The lowest BCUT2D eigenvalue weighted by Gasteiger charge is -1.91. The van der Waals surface area contributed by atoms with E-state index in [4.69, 9.17) is 5.73 Å². The molecule has 6 heteroatoms. The van der Waals surface area contributed by atoms with Crippen LogP contribution in [0.3, 0.4) is 0 Å². The molecule has 0 unspecified atom stereocenters. The van der Waals surface area contributed by atoms with E-state index < -0.39 is 0 Å². The lowest BCUT2D eigenvalue weighted by molar-refractivity contribution is 0.812. The second-order valence-electron chi connectivity index (χ2n) is 3.02. The first kappa shape index (κ1) is 10.1. The summed E-state index contributed by atoms with van der Waals surface area (Å²) in [6.07, 6.45) is 5.18. The fourth-order valence-corrected chi connectivity index (χ4v) is 2.01. The molecule has 0 radical (unpaired) electrons. The van der Waals surface area contributed by atoms with Gasteiger partial charge in [0.05, 0.1) is 12.4 Å². The largest absolute Gasteiger partial charge is 0.330 e. The van der Waals surface area contributed by atoms with Gasteiger partial charge in [-0.3, -0.25) is 0 Å². The van der Waals surface area contributed by atoms with Crippen molar-refractivity contribution in [1.82, 2.24) is 20.4 Å². The quantitative estimate of drug-likeness (QED) is 0.829. The molecule has 0 aliphatic rings. The van der Waals surface area contributed by atoms with Crippen molar-refractivity contribution in [3.05, 3.63) is 23.5 Å². The fraction of sp³-hybridized carbons (Fsp3) is 0.333. The molecule has 2 rings (SSSR count). The van der Waals surface area contributed by atoms with E-state index in [-0.39, 0.29) is 0 Å². The van der Waals surface area contributed by atoms with E-state index in [0.29, 0.717) is 6.54 Å². The highest BCUT2D eigenvalue weighted by Gasteiger charge is 2.05. The minimum atomic E-state index is 0.686. The molecule has 15 heavy (non-hydrogen) atoms. The van der Waals surface area contributed by atoms with Crippen molar-refractivity contribution in [2.24, 2.45) is 5.73 Å². The standard InChI is InChI=1S/C9H11N5S/c10-4-1-2-8-13-14-9(15-8)7-3-5-11-12-6-7/h3,5-6H,1-2,4,10H2. The molecule has 2 aromatic heterocycles. The molecular formula is C9H11N5S. The Morgan fingerprint density at radius 3 is 2.93 bits per heavy atom. The normalized spacial score (nSPS) is 10.5. The summed E-state index contributed by atoms with van der Waals surface area (Å²) in [5.41, 5.74) is 6.39. The number of hydrogen-bond donors (Lipinski definition) is 1. The van der Waals surface area contributed by atoms with Crippen molar-refractivity contribution >= 4 is 11.3 Å². The van der Waals surface area contributed by atoms with Crippen LogP contribution in [-0.4, -0.2) is 26.9 Å². The first-order chi connectivity index (χ1) is 7.40. The summed E-state index contributed by atoms with van der Waals surface area (Å²) < 4.78 is 0. The summed E-state index contributed by atoms with van der Waals surface area (Å²) in [4.78, 5) is 0. The van der Waals surface area contributed by atoms with Crippen LogP contribution in [0.5, 0.6) is 0 Å². The summed E-state index contributed by atoms with van der Waals surface area (Å²) in [5, 5.41) is 17.6. The Hall–Kier alpha value is -1.40. The van der Waals surface area contributed by atoms with Crippen molar-refractivity contribution in [1.29, 1.82) is 0 Å². The Morgan fingerprint density at radius 2 is 2.20 bits per heavy atom. The van der Waals surface area contributed by atoms with Crippen LogP contribution in [0.2, 0.25) is 0 Å². The van der Waals surface area contributed by atoms with Crippen LogP contribution in [0.25, 0.3) is 10.6 Å². The molecule has 0 saturated heterocycles. The molecule has 78 valence electrons. The first-order valence-corrected chi connectivity index (χ1v) is 5.51. The molecule has 0 aromatic carbocycles. The first-order valence-electron chi connectivity index (χ1n) is 4.69.